The van der Waals surface area contributed by atoms with Crippen LogP contribution in [-0.2, 0) is 27.2 Å². The minimum Gasteiger partial charge on any atom is -0.481 e. The van der Waals surface area contributed by atoms with Crippen molar-refractivity contribution in [1.82, 2.24) is 20.3 Å². The van der Waals surface area contributed by atoms with Gasteiger partial charge in [0.1, 0.15) is 17.7 Å². The number of nitrogens with zero attached hydrogens (tertiary/aromatic N) is 1. The number of carboxylic acids is 3. The number of H-pyrrole nitrogens is 2. The molecule has 2 aromatic heterocycles. The standard InChI is InChI=1S/C20H21N5O6.C6H14N2O2/c21-20-24-16-15(18(29)25-20)12(9-22-16)6-3-10-1-4-11(5-2-10)17(28)23-13(19(30)31)7-8-14(26)27;7-4-2-1-3-5(8)6(9)10/h1-2,4-5,9,13H,3,6-8H2,(H,23,28)(H,26,27)(H,30,31)(H4,21,22,24,25,29);5H,1-4,7-8H2,(H,9,10)/t13-;/m0./s1. The van der Waals surface area contributed by atoms with Crippen molar-refractivity contribution in [1.29, 1.82) is 0 Å². The molecule has 3 rings (SSSR count). The maximum absolute atomic E-state index is 12.3. The quantitative estimate of drug-likeness (QED) is 0.117. The van der Waals surface area contributed by atoms with Crippen molar-refractivity contribution in [3.05, 3.63) is 57.5 Å². The number of nitrogens with two attached hydrogens (primary N) is 3. The molecule has 0 bridgehead atoms. The van der Waals surface area contributed by atoms with Gasteiger partial charge in [-0.05, 0) is 61.9 Å². The summed E-state index contributed by atoms with van der Waals surface area (Å²) in [6, 6.07) is 4.59. The molecule has 0 spiro atoms. The summed E-state index contributed by atoms with van der Waals surface area (Å²) in [5.74, 6) is -3.93. The van der Waals surface area contributed by atoms with Gasteiger partial charge in [0.15, 0.2) is 0 Å². The van der Waals surface area contributed by atoms with Gasteiger partial charge in [-0.1, -0.05) is 18.6 Å². The third kappa shape index (κ3) is 10.4. The Morgan fingerprint density at radius 1 is 0.976 bits per heavy atom. The van der Waals surface area contributed by atoms with Crippen molar-refractivity contribution in [3.63, 3.8) is 0 Å². The molecule has 0 saturated heterocycles. The van der Waals surface area contributed by atoms with Gasteiger partial charge in [-0.3, -0.25) is 19.2 Å². The fourth-order valence-corrected chi connectivity index (χ4v) is 3.83. The molecule has 1 aromatic carbocycles. The van der Waals surface area contributed by atoms with Gasteiger partial charge in [-0.25, -0.2) is 4.79 Å². The molecular formula is C26H35N7O8. The number of nitrogens with one attached hydrogen (secondary N) is 3. The van der Waals surface area contributed by atoms with Crippen molar-refractivity contribution in [2.24, 2.45) is 11.5 Å². The molecule has 222 valence electrons. The number of aliphatic carboxylic acids is 3. The van der Waals surface area contributed by atoms with Crippen molar-refractivity contribution < 1.29 is 34.5 Å². The number of nitrogen functional groups attached to an aromatic ring is 1. The number of unbranched alkanes of at least 4 members (excludes halogenated alkanes) is 1. The molecule has 0 saturated carbocycles. The Balaban J connectivity index is 0.000000503. The highest BCUT2D eigenvalue weighted by atomic mass is 16.4. The van der Waals surface area contributed by atoms with E-state index in [1.54, 1.807) is 30.5 Å². The van der Waals surface area contributed by atoms with Crippen LogP contribution in [0.2, 0.25) is 0 Å². The number of carbonyl (C=O) groups is 4. The van der Waals surface area contributed by atoms with Gasteiger partial charge in [0.05, 0.1) is 5.39 Å². The summed E-state index contributed by atoms with van der Waals surface area (Å²) in [7, 11) is 0. The highest BCUT2D eigenvalue weighted by molar-refractivity contribution is 5.96. The molecule has 0 aliphatic carbocycles. The Morgan fingerprint density at radius 2 is 1.66 bits per heavy atom. The summed E-state index contributed by atoms with van der Waals surface area (Å²) in [6.07, 6.45) is 4.45. The second-order valence-electron chi connectivity index (χ2n) is 9.21. The van der Waals surface area contributed by atoms with E-state index in [2.05, 4.69) is 20.3 Å². The number of hydrogen-bond acceptors (Lipinski definition) is 9. The first-order valence-electron chi connectivity index (χ1n) is 12.8. The van der Waals surface area contributed by atoms with Crippen LogP contribution in [0.15, 0.2) is 35.3 Å². The Labute approximate surface area is 234 Å². The third-order valence-corrected chi connectivity index (χ3v) is 6.09. The summed E-state index contributed by atoms with van der Waals surface area (Å²) in [4.78, 5) is 65.8. The van der Waals surface area contributed by atoms with E-state index < -0.39 is 41.5 Å². The fourth-order valence-electron chi connectivity index (χ4n) is 3.83. The van der Waals surface area contributed by atoms with E-state index in [1.807, 2.05) is 0 Å². The van der Waals surface area contributed by atoms with Crippen LogP contribution in [0.4, 0.5) is 5.95 Å². The van der Waals surface area contributed by atoms with Gasteiger partial charge < -0.3 is 47.8 Å². The van der Waals surface area contributed by atoms with Gasteiger partial charge >= 0.3 is 17.9 Å². The number of carboxylic acid groups (broad SMARTS) is 3. The first kappa shape index (κ1) is 32.5. The third-order valence-electron chi connectivity index (χ3n) is 6.09. The number of rotatable bonds is 14. The molecule has 0 radical (unpaired) electrons. The number of carbonyl (C=O) groups excluding carboxylic acids is 1. The Hall–Kier alpha value is -4.76. The zero-order valence-corrected chi connectivity index (χ0v) is 22.3. The molecule has 0 aliphatic heterocycles. The molecule has 3 aromatic rings. The Bertz CT molecular complexity index is 1400. The van der Waals surface area contributed by atoms with Gasteiger partial charge in [0.2, 0.25) is 5.95 Å². The van der Waals surface area contributed by atoms with Crippen LogP contribution in [0, 0.1) is 0 Å². The van der Waals surface area contributed by atoms with Crippen LogP contribution in [0.3, 0.4) is 0 Å². The largest absolute Gasteiger partial charge is 0.481 e. The molecule has 15 heteroatoms. The molecule has 12 N–H and O–H groups in total. The Morgan fingerprint density at radius 3 is 2.24 bits per heavy atom. The number of benzene rings is 1. The van der Waals surface area contributed by atoms with Gasteiger partial charge in [-0.2, -0.15) is 4.98 Å². The number of aryl methyl sites for hydroxylation is 2. The normalized spacial score (nSPS) is 12.1. The maximum atomic E-state index is 12.3. The number of aromatic amines is 2. The lowest BCUT2D eigenvalue weighted by atomic mass is 10.0. The zero-order chi connectivity index (χ0) is 30.5. The topological polar surface area (TPSA) is 281 Å². The van der Waals surface area contributed by atoms with Crippen molar-refractivity contribution in [2.45, 2.75) is 57.0 Å². The van der Waals surface area contributed by atoms with E-state index in [4.69, 9.17) is 32.5 Å². The number of amides is 1. The molecule has 2 heterocycles. The fraction of sp³-hybridized carbons (Fsp3) is 0.385. The van der Waals surface area contributed by atoms with Crippen LogP contribution < -0.4 is 28.1 Å². The smallest absolute Gasteiger partial charge is 0.326 e. The first-order chi connectivity index (χ1) is 19.4. The lowest BCUT2D eigenvalue weighted by Crippen LogP contribution is -2.41. The van der Waals surface area contributed by atoms with Crippen LogP contribution >= 0.6 is 0 Å². The summed E-state index contributed by atoms with van der Waals surface area (Å²) in [5, 5.41) is 29.0. The predicted molar refractivity (Wildman–Crippen MR) is 149 cm³/mol. The van der Waals surface area contributed by atoms with E-state index in [-0.39, 0.29) is 24.4 Å². The molecule has 1 amide bonds. The molecule has 41 heavy (non-hydrogen) atoms. The maximum Gasteiger partial charge on any atom is 0.326 e. The molecular weight excluding hydrogens is 538 g/mol. The van der Waals surface area contributed by atoms with Gasteiger partial charge in [-0.15, -0.1) is 0 Å². The summed E-state index contributed by atoms with van der Waals surface area (Å²) in [6.45, 7) is 0.604. The van der Waals surface area contributed by atoms with E-state index in [0.29, 0.717) is 36.8 Å². The molecule has 0 fully saturated rings. The van der Waals surface area contributed by atoms with Crippen molar-refractivity contribution in [2.75, 3.05) is 12.3 Å². The minimum atomic E-state index is -1.30. The minimum absolute atomic E-state index is 0.0351. The van der Waals surface area contributed by atoms with E-state index in [1.165, 1.54) is 0 Å². The average molecular weight is 574 g/mol. The lowest BCUT2D eigenvalue weighted by molar-refractivity contribution is -0.141. The van der Waals surface area contributed by atoms with E-state index in [0.717, 1.165) is 24.0 Å². The Kier molecular flexibility index (Phi) is 12.5. The molecule has 2 atom stereocenters. The second kappa shape index (κ2) is 15.7. The summed E-state index contributed by atoms with van der Waals surface area (Å²) < 4.78 is 0. The zero-order valence-electron chi connectivity index (χ0n) is 22.3. The summed E-state index contributed by atoms with van der Waals surface area (Å²) >= 11 is 0. The SMILES string of the molecule is NCCCCC(N)C(=O)O.Nc1nc(=O)c2c(CCc3ccc(C(=O)N[C@@H](CCC(=O)O)C(=O)O)cc3)c[nH]c2[nH]1. The lowest BCUT2D eigenvalue weighted by Gasteiger charge is -2.13. The van der Waals surface area contributed by atoms with E-state index >= 15 is 0 Å². The van der Waals surface area contributed by atoms with Crippen LogP contribution in [0.1, 0.15) is 53.6 Å². The number of aromatic nitrogens is 3. The highest BCUT2D eigenvalue weighted by Crippen LogP contribution is 2.16. The number of fused-ring (bicyclic) bond motifs is 1. The molecule has 0 aliphatic rings. The first-order valence-corrected chi connectivity index (χ1v) is 12.8. The van der Waals surface area contributed by atoms with Gasteiger partial charge in [0.25, 0.3) is 11.5 Å². The van der Waals surface area contributed by atoms with E-state index in [9.17, 15) is 24.0 Å². The number of hydrogen-bond donors (Lipinski definition) is 9. The van der Waals surface area contributed by atoms with Crippen molar-refractivity contribution in [3.8, 4) is 0 Å². The predicted octanol–water partition coefficient (Wildman–Crippen LogP) is 0.194. The molecule has 15 nitrogen and oxygen atoms in total. The van der Waals surface area contributed by atoms with Crippen LogP contribution in [0.25, 0.3) is 11.0 Å². The molecule has 1 unspecified atom stereocenters. The van der Waals surface area contributed by atoms with Crippen molar-refractivity contribution >= 4 is 40.8 Å². The second-order valence-corrected chi connectivity index (χ2v) is 9.21. The highest BCUT2D eigenvalue weighted by Gasteiger charge is 2.21. The van der Waals surface area contributed by atoms with Gasteiger partial charge in [0, 0.05) is 18.2 Å². The van der Waals surface area contributed by atoms with Crippen LogP contribution in [0.5, 0.6) is 0 Å². The monoisotopic (exact) mass is 573 g/mol. The number of anilines is 1. The van der Waals surface area contributed by atoms with Crippen LogP contribution in [-0.4, -0.2) is 72.7 Å². The summed E-state index contributed by atoms with van der Waals surface area (Å²) in [5.41, 5.74) is 18.0. The average Bonchev–Trinajstić information content (AvgIpc) is 3.33.